The molecule has 2 aromatic carbocycles. The van der Waals surface area contributed by atoms with Gasteiger partial charge >= 0.3 is 0 Å². The molecule has 1 N–H and O–H groups in total. The van der Waals surface area contributed by atoms with Crippen LogP contribution in [0.4, 0.5) is 11.4 Å². The van der Waals surface area contributed by atoms with Gasteiger partial charge in [-0.2, -0.15) is 4.31 Å². The van der Waals surface area contributed by atoms with Gasteiger partial charge in [-0.25, -0.2) is 8.42 Å². The molecule has 0 aliphatic carbocycles. The lowest BCUT2D eigenvalue weighted by Crippen LogP contribution is -2.37. The molecule has 2 aliphatic heterocycles. The number of anilines is 2. The summed E-state index contributed by atoms with van der Waals surface area (Å²) in [7, 11) is -3.68. The number of carbonyl (C=O) groups is 1. The molecule has 0 saturated carbocycles. The molecule has 2 saturated heterocycles. The number of amides is 1. The van der Waals surface area contributed by atoms with Crippen LogP contribution in [-0.4, -0.2) is 44.8 Å². The third-order valence-corrected chi connectivity index (χ3v) is 8.69. The quantitative estimate of drug-likeness (QED) is 0.667. The summed E-state index contributed by atoms with van der Waals surface area (Å²) >= 11 is 0. The molecule has 1 amide bonds. The number of nitrogens with one attached hydrogen (secondary N) is 1. The van der Waals surface area contributed by atoms with Crippen molar-refractivity contribution >= 4 is 27.3 Å². The number of nitrogens with zero attached hydrogens (tertiary/aromatic N) is 2. The Morgan fingerprint density at radius 2 is 1.39 bits per heavy atom. The van der Waals surface area contributed by atoms with Crippen LogP contribution in [0, 0.1) is 20.8 Å². The highest BCUT2D eigenvalue weighted by Gasteiger charge is 2.31. The fourth-order valence-electron chi connectivity index (χ4n) is 5.07. The molecule has 6 nitrogen and oxygen atoms in total. The second-order valence-corrected chi connectivity index (χ2v) is 11.3. The first-order chi connectivity index (χ1) is 15.8. The molecule has 2 aromatic rings. The summed E-state index contributed by atoms with van der Waals surface area (Å²) in [5.41, 5.74) is 5.00. The maximum atomic E-state index is 13.7. The summed E-state index contributed by atoms with van der Waals surface area (Å²) in [5, 5.41) is 3.02. The number of hydrogen-bond donors (Lipinski definition) is 1. The number of carbonyl (C=O) groups excluding carboxylic acids is 1. The molecule has 33 heavy (non-hydrogen) atoms. The molecule has 0 atom stereocenters. The van der Waals surface area contributed by atoms with Crippen molar-refractivity contribution in [1.82, 2.24) is 4.31 Å². The van der Waals surface area contributed by atoms with Crippen LogP contribution in [0.25, 0.3) is 0 Å². The van der Waals surface area contributed by atoms with E-state index in [0.717, 1.165) is 73.3 Å². The lowest BCUT2D eigenvalue weighted by Gasteiger charge is -2.33. The van der Waals surface area contributed by atoms with Gasteiger partial charge in [0.15, 0.2) is 0 Å². The highest BCUT2D eigenvalue weighted by molar-refractivity contribution is 7.89. The van der Waals surface area contributed by atoms with E-state index in [-0.39, 0.29) is 10.8 Å². The van der Waals surface area contributed by atoms with Gasteiger partial charge in [0.05, 0.1) is 5.69 Å². The molecule has 4 rings (SSSR count). The van der Waals surface area contributed by atoms with E-state index in [1.807, 2.05) is 39.0 Å². The van der Waals surface area contributed by atoms with Gasteiger partial charge in [0.1, 0.15) is 4.90 Å². The number of benzene rings is 2. The lowest BCUT2D eigenvalue weighted by atomic mass is 10.0. The SMILES string of the molecule is Cc1cc(C)c(NC(=O)c2ccc(N3CCCCC3)c(S(=O)(=O)N3CCCCC3)c2)c(C)c1. The van der Waals surface area contributed by atoms with Crippen LogP contribution in [-0.2, 0) is 10.0 Å². The third kappa shape index (κ3) is 5.09. The minimum atomic E-state index is -3.68. The van der Waals surface area contributed by atoms with Gasteiger partial charge in [-0.15, -0.1) is 0 Å². The largest absolute Gasteiger partial charge is 0.370 e. The Labute approximate surface area is 198 Å². The number of rotatable bonds is 5. The van der Waals surface area contributed by atoms with E-state index in [2.05, 4.69) is 10.2 Å². The van der Waals surface area contributed by atoms with Crippen molar-refractivity contribution in [3.8, 4) is 0 Å². The fourth-order valence-corrected chi connectivity index (χ4v) is 6.82. The predicted molar refractivity (Wildman–Crippen MR) is 134 cm³/mol. The highest BCUT2D eigenvalue weighted by atomic mass is 32.2. The van der Waals surface area contributed by atoms with E-state index in [0.29, 0.717) is 18.7 Å². The highest BCUT2D eigenvalue weighted by Crippen LogP contribution is 2.33. The van der Waals surface area contributed by atoms with Crippen molar-refractivity contribution in [1.29, 1.82) is 0 Å². The summed E-state index contributed by atoms with van der Waals surface area (Å²) in [6.07, 6.45) is 6.09. The second-order valence-electron chi connectivity index (χ2n) is 9.42. The Balaban J connectivity index is 1.71. The van der Waals surface area contributed by atoms with E-state index in [9.17, 15) is 13.2 Å². The van der Waals surface area contributed by atoms with Crippen LogP contribution in [0.5, 0.6) is 0 Å². The van der Waals surface area contributed by atoms with Crippen LogP contribution < -0.4 is 10.2 Å². The van der Waals surface area contributed by atoms with Crippen molar-refractivity contribution in [2.24, 2.45) is 0 Å². The molecule has 2 fully saturated rings. The normalized spacial score (nSPS) is 17.7. The Bertz CT molecular complexity index is 1110. The number of hydrogen-bond acceptors (Lipinski definition) is 4. The molecule has 2 heterocycles. The van der Waals surface area contributed by atoms with Crippen molar-refractivity contribution in [3.05, 3.63) is 52.6 Å². The molecule has 0 spiro atoms. The molecule has 0 bridgehead atoms. The zero-order valence-electron chi connectivity index (χ0n) is 20.0. The Hall–Kier alpha value is -2.38. The molecule has 178 valence electrons. The average Bonchev–Trinajstić information content (AvgIpc) is 2.82. The summed E-state index contributed by atoms with van der Waals surface area (Å²) < 4.78 is 29.0. The van der Waals surface area contributed by atoms with Gasteiger partial charge in [-0.05, 0) is 82.2 Å². The maximum Gasteiger partial charge on any atom is 0.255 e. The molecule has 2 aliphatic rings. The fraction of sp³-hybridized carbons (Fsp3) is 0.500. The van der Waals surface area contributed by atoms with Crippen molar-refractivity contribution in [2.75, 3.05) is 36.4 Å². The van der Waals surface area contributed by atoms with Crippen LogP contribution >= 0.6 is 0 Å². The van der Waals surface area contributed by atoms with Crippen LogP contribution in [0.2, 0.25) is 0 Å². The number of sulfonamides is 1. The van der Waals surface area contributed by atoms with Gasteiger partial charge in [-0.1, -0.05) is 24.1 Å². The molecule has 7 heteroatoms. The monoisotopic (exact) mass is 469 g/mol. The second kappa shape index (κ2) is 9.85. The van der Waals surface area contributed by atoms with Crippen LogP contribution in [0.3, 0.4) is 0 Å². The molecule has 0 radical (unpaired) electrons. The molecule has 0 unspecified atom stereocenters. The first-order valence-corrected chi connectivity index (χ1v) is 13.5. The van der Waals surface area contributed by atoms with Crippen LogP contribution in [0.1, 0.15) is 65.6 Å². The van der Waals surface area contributed by atoms with E-state index in [1.54, 1.807) is 16.4 Å². The van der Waals surface area contributed by atoms with Gasteiger partial charge in [-0.3, -0.25) is 4.79 Å². The first-order valence-electron chi connectivity index (χ1n) is 12.1. The smallest absolute Gasteiger partial charge is 0.255 e. The topological polar surface area (TPSA) is 69.7 Å². The summed E-state index contributed by atoms with van der Waals surface area (Å²) in [4.78, 5) is 15.6. The minimum Gasteiger partial charge on any atom is -0.370 e. The van der Waals surface area contributed by atoms with E-state index >= 15 is 0 Å². The lowest BCUT2D eigenvalue weighted by molar-refractivity contribution is 0.102. The predicted octanol–water partition coefficient (Wildman–Crippen LogP) is 5.03. The van der Waals surface area contributed by atoms with Gasteiger partial charge in [0, 0.05) is 37.4 Å². The Morgan fingerprint density at radius 1 is 0.818 bits per heavy atom. The van der Waals surface area contributed by atoms with Gasteiger partial charge in [0.25, 0.3) is 5.91 Å². The van der Waals surface area contributed by atoms with Crippen molar-refractivity contribution in [3.63, 3.8) is 0 Å². The van der Waals surface area contributed by atoms with Gasteiger partial charge in [0.2, 0.25) is 10.0 Å². The number of aryl methyl sites for hydroxylation is 3. The summed E-state index contributed by atoms with van der Waals surface area (Å²) in [6, 6.07) is 9.24. The Kier molecular flexibility index (Phi) is 7.10. The van der Waals surface area contributed by atoms with Crippen molar-refractivity contribution in [2.45, 2.75) is 64.2 Å². The molecular formula is C26H35N3O3S. The first kappa shape index (κ1) is 23.8. The standard InChI is InChI=1S/C26H35N3O3S/c1-19-16-20(2)25(21(3)17-19)27-26(30)22-10-11-23(28-12-6-4-7-13-28)24(18-22)33(31,32)29-14-8-5-9-15-29/h10-11,16-18H,4-9,12-15H2,1-3H3,(H,27,30). The van der Waals surface area contributed by atoms with E-state index < -0.39 is 10.0 Å². The van der Waals surface area contributed by atoms with Crippen molar-refractivity contribution < 1.29 is 13.2 Å². The number of piperidine rings is 2. The molecular weight excluding hydrogens is 434 g/mol. The maximum absolute atomic E-state index is 13.7. The summed E-state index contributed by atoms with van der Waals surface area (Å²) in [5.74, 6) is -0.287. The van der Waals surface area contributed by atoms with Gasteiger partial charge < -0.3 is 10.2 Å². The molecule has 0 aromatic heterocycles. The van der Waals surface area contributed by atoms with E-state index in [1.165, 1.54) is 6.42 Å². The minimum absolute atomic E-state index is 0.260. The van der Waals surface area contributed by atoms with Crippen LogP contribution in [0.15, 0.2) is 35.2 Å². The zero-order valence-corrected chi connectivity index (χ0v) is 20.8. The van der Waals surface area contributed by atoms with E-state index in [4.69, 9.17) is 0 Å². The Morgan fingerprint density at radius 3 is 2.00 bits per heavy atom. The average molecular weight is 470 g/mol. The summed E-state index contributed by atoms with van der Waals surface area (Å²) in [6.45, 7) is 8.75. The third-order valence-electron chi connectivity index (χ3n) is 6.77. The zero-order chi connectivity index (χ0) is 23.6.